The molecule has 2 aromatic carbocycles. The van der Waals surface area contributed by atoms with Crippen molar-refractivity contribution in [2.45, 2.75) is 13.0 Å². The third kappa shape index (κ3) is 5.56. The van der Waals surface area contributed by atoms with Crippen LogP contribution in [0.3, 0.4) is 0 Å². The molecule has 0 aliphatic carbocycles. The zero-order valence-corrected chi connectivity index (χ0v) is 19.0. The van der Waals surface area contributed by atoms with E-state index in [0.29, 0.717) is 16.5 Å². The Hall–Kier alpha value is -3.04. The van der Waals surface area contributed by atoms with Crippen LogP contribution in [-0.4, -0.2) is 46.2 Å². The Kier molecular flexibility index (Phi) is 8.47. The fourth-order valence-electron chi connectivity index (χ4n) is 2.54. The van der Waals surface area contributed by atoms with E-state index in [1.54, 1.807) is 12.1 Å². The number of benzene rings is 2. The van der Waals surface area contributed by atoms with Crippen molar-refractivity contribution >= 4 is 46.3 Å². The van der Waals surface area contributed by atoms with Crippen LogP contribution in [0.2, 0.25) is 10.0 Å². The zero-order chi connectivity index (χ0) is 23.1. The minimum absolute atomic E-state index is 0.110. The van der Waals surface area contributed by atoms with Gasteiger partial charge in [0.15, 0.2) is 5.78 Å². The molecule has 0 aliphatic rings. The number of carbonyl (C=O) groups excluding carboxylic acids is 2. The normalized spacial score (nSPS) is 11.7. The number of ketones is 1. The highest BCUT2D eigenvalue weighted by molar-refractivity contribution is 6.36. The lowest BCUT2D eigenvalue weighted by molar-refractivity contribution is -0.126. The third-order valence-corrected chi connectivity index (χ3v) is 4.79. The smallest absolute Gasteiger partial charge is 0.258 e. The third-order valence-electron chi connectivity index (χ3n) is 4.12. The Morgan fingerprint density at radius 3 is 2.03 bits per heavy atom. The largest absolute Gasteiger partial charge is 0.495 e. The van der Waals surface area contributed by atoms with E-state index in [4.69, 9.17) is 42.1 Å². The number of hydrogen-bond acceptors (Lipinski definition) is 8. The number of hydrogen-bond donors (Lipinski definition) is 1. The second-order valence-electron chi connectivity index (χ2n) is 6.04. The van der Waals surface area contributed by atoms with Gasteiger partial charge in [0.1, 0.15) is 39.4 Å². The Bertz CT molecular complexity index is 1010. The molecule has 1 N–H and O–H groups in total. The van der Waals surface area contributed by atoms with Gasteiger partial charge in [-0.2, -0.15) is 10.2 Å². The van der Waals surface area contributed by atoms with Crippen LogP contribution < -0.4 is 24.3 Å². The summed E-state index contributed by atoms with van der Waals surface area (Å²) < 4.78 is 20.7. The summed E-state index contributed by atoms with van der Waals surface area (Å²) >= 11 is 12.4. The number of nitrogens with one attached hydrogen (secondary N) is 1. The quantitative estimate of drug-likeness (QED) is 0.420. The number of amides is 1. The maximum atomic E-state index is 12.8. The van der Waals surface area contributed by atoms with Crippen molar-refractivity contribution in [2.24, 2.45) is 10.2 Å². The van der Waals surface area contributed by atoms with Crippen LogP contribution in [0.4, 0.5) is 11.4 Å². The van der Waals surface area contributed by atoms with E-state index in [-0.39, 0.29) is 27.9 Å². The second kappa shape index (κ2) is 10.8. The van der Waals surface area contributed by atoms with E-state index < -0.39 is 17.7 Å². The fraction of sp³-hybridized carbons (Fsp3) is 0.300. The van der Waals surface area contributed by atoms with Crippen molar-refractivity contribution in [2.75, 3.05) is 33.8 Å². The summed E-state index contributed by atoms with van der Waals surface area (Å²) in [6.45, 7) is 1.22. The maximum Gasteiger partial charge on any atom is 0.258 e. The topological polar surface area (TPSA) is 108 Å². The van der Waals surface area contributed by atoms with Crippen molar-refractivity contribution in [1.82, 2.24) is 0 Å². The fourth-order valence-corrected chi connectivity index (χ4v) is 3.05. The first-order valence-electron chi connectivity index (χ1n) is 8.81. The van der Waals surface area contributed by atoms with E-state index in [1.165, 1.54) is 47.5 Å². The minimum atomic E-state index is -1.46. The average Bonchev–Trinajstić information content (AvgIpc) is 2.75. The Balaban J connectivity index is 2.38. The van der Waals surface area contributed by atoms with E-state index in [1.807, 2.05) is 0 Å². The lowest BCUT2D eigenvalue weighted by atomic mass is 10.2. The van der Waals surface area contributed by atoms with E-state index in [2.05, 4.69) is 15.5 Å². The molecule has 0 heterocycles. The van der Waals surface area contributed by atoms with Crippen LogP contribution in [0.1, 0.15) is 6.92 Å². The number of nitrogens with zero attached hydrogens (tertiary/aromatic N) is 2. The predicted octanol–water partition coefficient (Wildman–Crippen LogP) is 4.71. The van der Waals surface area contributed by atoms with Gasteiger partial charge in [-0.15, -0.1) is 0 Å². The molecule has 166 valence electrons. The van der Waals surface area contributed by atoms with Crippen LogP contribution in [-0.2, 0) is 9.59 Å². The van der Waals surface area contributed by atoms with Gasteiger partial charge in [-0.1, -0.05) is 23.2 Å². The van der Waals surface area contributed by atoms with E-state index >= 15 is 0 Å². The Morgan fingerprint density at radius 1 is 0.903 bits per heavy atom. The molecule has 0 aliphatic heterocycles. The first-order valence-corrected chi connectivity index (χ1v) is 9.57. The molecule has 0 spiro atoms. The molecule has 0 saturated heterocycles. The molecule has 2 rings (SSSR count). The van der Waals surface area contributed by atoms with Gasteiger partial charge < -0.3 is 24.3 Å². The molecular weight excluding hydrogens is 449 g/mol. The van der Waals surface area contributed by atoms with Gasteiger partial charge in [-0.3, -0.25) is 9.59 Å². The number of rotatable bonds is 9. The zero-order valence-electron chi connectivity index (χ0n) is 17.5. The van der Waals surface area contributed by atoms with Gasteiger partial charge in [-0.05, 0) is 19.1 Å². The SMILES string of the molecule is COc1cc(N=NC(C(C)=O)C(=O)Nc2c(OC)ccc(OC)c2Cl)c(OC)cc1Cl. The van der Waals surface area contributed by atoms with Crippen LogP contribution in [0.5, 0.6) is 23.0 Å². The lowest BCUT2D eigenvalue weighted by Gasteiger charge is -2.16. The van der Waals surface area contributed by atoms with Crippen LogP contribution in [0, 0.1) is 0 Å². The number of ether oxygens (including phenoxy) is 4. The number of carbonyl (C=O) groups is 2. The minimum Gasteiger partial charge on any atom is -0.495 e. The van der Waals surface area contributed by atoms with Crippen LogP contribution in [0.25, 0.3) is 0 Å². The van der Waals surface area contributed by atoms with Gasteiger partial charge in [-0.25, -0.2) is 0 Å². The van der Waals surface area contributed by atoms with E-state index in [0.717, 1.165) is 0 Å². The molecule has 9 nitrogen and oxygen atoms in total. The Labute approximate surface area is 189 Å². The summed E-state index contributed by atoms with van der Waals surface area (Å²) in [6.07, 6.45) is 0. The number of halogens is 2. The predicted molar refractivity (Wildman–Crippen MR) is 117 cm³/mol. The summed E-state index contributed by atoms with van der Waals surface area (Å²) in [7, 11) is 5.70. The van der Waals surface area contributed by atoms with Crippen molar-refractivity contribution in [3.63, 3.8) is 0 Å². The highest BCUT2D eigenvalue weighted by atomic mass is 35.5. The molecule has 0 radical (unpaired) electrons. The van der Waals surface area contributed by atoms with Crippen molar-refractivity contribution < 1.29 is 28.5 Å². The summed E-state index contributed by atoms with van der Waals surface area (Å²) in [4.78, 5) is 24.9. The second-order valence-corrected chi connectivity index (χ2v) is 6.82. The molecule has 31 heavy (non-hydrogen) atoms. The molecule has 0 saturated carbocycles. The highest BCUT2D eigenvalue weighted by Crippen LogP contribution is 2.40. The van der Waals surface area contributed by atoms with Crippen molar-refractivity contribution in [3.05, 3.63) is 34.3 Å². The van der Waals surface area contributed by atoms with Gasteiger partial charge in [0.25, 0.3) is 5.91 Å². The summed E-state index contributed by atoms with van der Waals surface area (Å²) in [6, 6.07) is 4.65. The number of azo groups is 1. The molecule has 2 aromatic rings. The van der Waals surface area contributed by atoms with Crippen molar-refractivity contribution in [3.8, 4) is 23.0 Å². The summed E-state index contributed by atoms with van der Waals surface area (Å²) in [5, 5.41) is 10.9. The molecule has 0 bridgehead atoms. The molecular formula is C20H21Cl2N3O6. The van der Waals surface area contributed by atoms with Crippen molar-refractivity contribution in [1.29, 1.82) is 0 Å². The number of methoxy groups -OCH3 is 4. The van der Waals surface area contributed by atoms with Gasteiger partial charge in [0, 0.05) is 12.1 Å². The van der Waals surface area contributed by atoms with Gasteiger partial charge in [0.2, 0.25) is 6.04 Å². The van der Waals surface area contributed by atoms with Crippen LogP contribution >= 0.6 is 23.2 Å². The molecule has 0 aromatic heterocycles. The molecule has 1 unspecified atom stereocenters. The highest BCUT2D eigenvalue weighted by Gasteiger charge is 2.26. The van der Waals surface area contributed by atoms with E-state index in [9.17, 15) is 9.59 Å². The average molecular weight is 470 g/mol. The molecule has 1 atom stereocenters. The summed E-state index contributed by atoms with van der Waals surface area (Å²) in [5.41, 5.74) is 0.362. The lowest BCUT2D eigenvalue weighted by Crippen LogP contribution is -2.32. The maximum absolute atomic E-state index is 12.8. The van der Waals surface area contributed by atoms with Gasteiger partial charge in [0.05, 0.1) is 33.5 Å². The monoisotopic (exact) mass is 469 g/mol. The standard InChI is InChI=1S/C20H21Cl2N3O6/c1-10(26)18(25-24-12-9-15(30-4)11(21)8-16(12)31-5)20(27)23-19-14(29-3)7-6-13(28-2)17(19)22/h6-9,18H,1-5H3,(H,23,27). The van der Waals surface area contributed by atoms with Crippen LogP contribution in [0.15, 0.2) is 34.5 Å². The first-order chi connectivity index (χ1) is 14.8. The molecule has 11 heteroatoms. The first kappa shape index (κ1) is 24.2. The number of anilines is 1. The summed E-state index contributed by atoms with van der Waals surface area (Å²) in [5.74, 6) is -0.0918. The van der Waals surface area contributed by atoms with Gasteiger partial charge >= 0.3 is 0 Å². The Morgan fingerprint density at radius 2 is 1.48 bits per heavy atom. The number of Topliss-reactive ketones (excluding diaryl/α,β-unsaturated/α-hetero) is 1. The molecule has 1 amide bonds. The molecule has 0 fully saturated rings.